The number of urea groups is 1. The molecule has 0 spiro atoms. The number of amides is 3. The second kappa shape index (κ2) is 8.42. The molecule has 4 nitrogen and oxygen atoms in total. The SMILES string of the molecule is O=C(NC(=O)c1ccccc1Cl)Nc1ccc(Cl)c(CCC(F)(F)F)c1. The molecule has 138 valence electrons. The third-order valence-corrected chi connectivity index (χ3v) is 4.03. The molecular weight excluding hydrogens is 392 g/mol. The van der Waals surface area contributed by atoms with E-state index in [1.807, 2.05) is 0 Å². The summed E-state index contributed by atoms with van der Waals surface area (Å²) >= 11 is 11.8. The quantitative estimate of drug-likeness (QED) is 0.711. The van der Waals surface area contributed by atoms with Gasteiger partial charge in [-0.1, -0.05) is 35.3 Å². The van der Waals surface area contributed by atoms with Crippen LogP contribution < -0.4 is 10.6 Å². The highest BCUT2D eigenvalue weighted by atomic mass is 35.5. The van der Waals surface area contributed by atoms with Gasteiger partial charge in [-0.25, -0.2) is 4.79 Å². The average molecular weight is 405 g/mol. The Morgan fingerprint density at radius 2 is 1.69 bits per heavy atom. The van der Waals surface area contributed by atoms with Gasteiger partial charge in [0.1, 0.15) is 0 Å². The monoisotopic (exact) mass is 404 g/mol. The van der Waals surface area contributed by atoms with Crippen molar-refractivity contribution >= 4 is 40.8 Å². The van der Waals surface area contributed by atoms with E-state index in [-0.39, 0.29) is 33.3 Å². The molecule has 26 heavy (non-hydrogen) atoms. The van der Waals surface area contributed by atoms with Crippen LogP contribution in [0.2, 0.25) is 10.0 Å². The predicted octanol–water partition coefficient (Wildman–Crippen LogP) is 5.45. The summed E-state index contributed by atoms with van der Waals surface area (Å²) in [4.78, 5) is 23.9. The minimum Gasteiger partial charge on any atom is -0.308 e. The van der Waals surface area contributed by atoms with Crippen molar-refractivity contribution in [3.05, 3.63) is 63.6 Å². The van der Waals surface area contributed by atoms with Crippen LogP contribution in [0.15, 0.2) is 42.5 Å². The highest BCUT2D eigenvalue weighted by molar-refractivity contribution is 6.34. The number of hydrogen-bond donors (Lipinski definition) is 2. The summed E-state index contributed by atoms with van der Waals surface area (Å²) in [6.45, 7) is 0. The van der Waals surface area contributed by atoms with Gasteiger partial charge in [-0.3, -0.25) is 10.1 Å². The zero-order valence-electron chi connectivity index (χ0n) is 13.2. The van der Waals surface area contributed by atoms with Gasteiger partial charge >= 0.3 is 12.2 Å². The fourth-order valence-electron chi connectivity index (χ4n) is 2.10. The van der Waals surface area contributed by atoms with Crippen LogP contribution in [0.5, 0.6) is 0 Å². The fourth-order valence-corrected chi connectivity index (χ4v) is 2.53. The van der Waals surface area contributed by atoms with Crippen molar-refractivity contribution in [3.8, 4) is 0 Å². The zero-order valence-corrected chi connectivity index (χ0v) is 14.7. The first kappa shape index (κ1) is 20.1. The molecule has 0 bridgehead atoms. The molecule has 0 aromatic heterocycles. The Kier molecular flexibility index (Phi) is 6.50. The summed E-state index contributed by atoms with van der Waals surface area (Å²) in [5.74, 6) is -0.709. The van der Waals surface area contributed by atoms with Crippen LogP contribution in [0.1, 0.15) is 22.3 Å². The summed E-state index contributed by atoms with van der Waals surface area (Å²) < 4.78 is 37.0. The van der Waals surface area contributed by atoms with E-state index in [0.717, 1.165) is 0 Å². The van der Waals surface area contributed by atoms with Gasteiger partial charge < -0.3 is 5.32 Å². The van der Waals surface area contributed by atoms with Crippen LogP contribution in [-0.4, -0.2) is 18.1 Å². The number of rotatable bonds is 4. The van der Waals surface area contributed by atoms with Gasteiger partial charge in [0.15, 0.2) is 0 Å². The van der Waals surface area contributed by atoms with Gasteiger partial charge in [-0.2, -0.15) is 13.2 Å². The molecule has 0 aliphatic rings. The van der Waals surface area contributed by atoms with E-state index in [1.54, 1.807) is 12.1 Å². The molecule has 0 aliphatic carbocycles. The number of imide groups is 1. The van der Waals surface area contributed by atoms with Crippen LogP contribution in [0.3, 0.4) is 0 Å². The molecule has 3 amide bonds. The van der Waals surface area contributed by atoms with Crippen LogP contribution >= 0.6 is 23.2 Å². The third kappa shape index (κ3) is 5.93. The second-order valence-corrected chi connectivity index (χ2v) is 6.12. The summed E-state index contributed by atoms with van der Waals surface area (Å²) in [6.07, 6.45) is -5.67. The number of carbonyl (C=O) groups excluding carboxylic acids is 2. The number of benzene rings is 2. The molecule has 0 radical (unpaired) electrons. The highest BCUT2D eigenvalue weighted by Crippen LogP contribution is 2.27. The van der Waals surface area contributed by atoms with Gasteiger partial charge in [0.25, 0.3) is 5.91 Å². The number of alkyl halides is 3. The maximum absolute atomic E-state index is 12.3. The van der Waals surface area contributed by atoms with Crippen LogP contribution in [0.4, 0.5) is 23.7 Å². The Bertz CT molecular complexity index is 826. The van der Waals surface area contributed by atoms with E-state index >= 15 is 0 Å². The minimum absolute atomic E-state index is 0.117. The molecule has 2 aromatic rings. The van der Waals surface area contributed by atoms with Crippen LogP contribution in [0.25, 0.3) is 0 Å². The molecular formula is C17H13Cl2F3N2O2. The number of halogens is 5. The third-order valence-electron chi connectivity index (χ3n) is 3.33. The first-order chi connectivity index (χ1) is 12.2. The Balaban J connectivity index is 2.02. The topological polar surface area (TPSA) is 58.2 Å². The lowest BCUT2D eigenvalue weighted by Gasteiger charge is -2.11. The molecule has 0 atom stereocenters. The van der Waals surface area contributed by atoms with Gasteiger partial charge in [0.05, 0.1) is 10.6 Å². The van der Waals surface area contributed by atoms with Gasteiger partial charge in [0.2, 0.25) is 0 Å². The van der Waals surface area contributed by atoms with Crippen molar-refractivity contribution < 1.29 is 22.8 Å². The molecule has 0 saturated carbocycles. The number of anilines is 1. The summed E-state index contributed by atoms with van der Waals surface area (Å²) in [7, 11) is 0. The summed E-state index contributed by atoms with van der Waals surface area (Å²) in [5.41, 5.74) is 0.557. The van der Waals surface area contributed by atoms with Crippen molar-refractivity contribution in [1.29, 1.82) is 0 Å². The van der Waals surface area contributed by atoms with E-state index in [0.29, 0.717) is 0 Å². The molecule has 0 heterocycles. The van der Waals surface area contributed by atoms with Gasteiger partial charge in [0, 0.05) is 17.1 Å². The normalized spacial score (nSPS) is 11.1. The summed E-state index contributed by atoms with van der Waals surface area (Å²) in [5, 5.41) is 4.80. The van der Waals surface area contributed by atoms with E-state index in [4.69, 9.17) is 23.2 Å². The largest absolute Gasteiger partial charge is 0.389 e. The maximum Gasteiger partial charge on any atom is 0.389 e. The van der Waals surface area contributed by atoms with E-state index in [1.165, 1.54) is 30.3 Å². The standard InChI is InChI=1S/C17H13Cl2F3N2O2/c18-13-6-5-11(9-10(13)7-8-17(20,21)22)23-16(26)24-15(25)12-3-1-2-4-14(12)19/h1-6,9H,7-8H2,(H2,23,24,25,26). The second-order valence-electron chi connectivity index (χ2n) is 5.31. The molecule has 9 heteroatoms. The number of carbonyl (C=O) groups is 2. The highest BCUT2D eigenvalue weighted by Gasteiger charge is 2.27. The fraction of sp³-hybridized carbons (Fsp3) is 0.176. The lowest BCUT2D eigenvalue weighted by molar-refractivity contribution is -0.133. The Morgan fingerprint density at radius 1 is 1.00 bits per heavy atom. The number of hydrogen-bond acceptors (Lipinski definition) is 2. The molecule has 2 aromatic carbocycles. The molecule has 0 saturated heterocycles. The lowest BCUT2D eigenvalue weighted by Crippen LogP contribution is -2.34. The first-order valence-corrected chi connectivity index (χ1v) is 8.13. The van der Waals surface area contributed by atoms with Crippen molar-refractivity contribution in [1.82, 2.24) is 5.32 Å². The van der Waals surface area contributed by atoms with E-state index in [2.05, 4.69) is 10.6 Å². The molecule has 2 rings (SSSR count). The Morgan fingerprint density at radius 3 is 2.35 bits per heavy atom. The zero-order chi connectivity index (χ0) is 19.3. The van der Waals surface area contributed by atoms with Crippen LogP contribution in [-0.2, 0) is 6.42 Å². The van der Waals surface area contributed by atoms with Crippen molar-refractivity contribution in [2.24, 2.45) is 0 Å². The lowest BCUT2D eigenvalue weighted by atomic mass is 10.1. The molecule has 0 unspecified atom stereocenters. The average Bonchev–Trinajstić information content (AvgIpc) is 2.54. The minimum atomic E-state index is -4.31. The van der Waals surface area contributed by atoms with Gasteiger partial charge in [-0.15, -0.1) is 0 Å². The van der Waals surface area contributed by atoms with Gasteiger partial charge in [-0.05, 0) is 42.3 Å². The van der Waals surface area contributed by atoms with Crippen molar-refractivity contribution in [3.63, 3.8) is 0 Å². The molecule has 2 N–H and O–H groups in total. The first-order valence-electron chi connectivity index (χ1n) is 7.38. The van der Waals surface area contributed by atoms with E-state index < -0.39 is 24.5 Å². The van der Waals surface area contributed by atoms with Crippen molar-refractivity contribution in [2.75, 3.05) is 5.32 Å². The number of aryl methyl sites for hydroxylation is 1. The smallest absolute Gasteiger partial charge is 0.308 e. The predicted molar refractivity (Wildman–Crippen MR) is 93.8 cm³/mol. The molecule has 0 aliphatic heterocycles. The Labute approximate surface area is 157 Å². The van der Waals surface area contributed by atoms with Crippen LogP contribution in [0, 0.1) is 0 Å². The summed E-state index contributed by atoms with van der Waals surface area (Å²) in [6, 6.07) is 9.44. The number of nitrogens with one attached hydrogen (secondary N) is 2. The Hall–Kier alpha value is -2.25. The maximum atomic E-state index is 12.3. The molecule has 0 fully saturated rings. The van der Waals surface area contributed by atoms with Crippen molar-refractivity contribution in [2.45, 2.75) is 19.0 Å². The van der Waals surface area contributed by atoms with E-state index in [9.17, 15) is 22.8 Å².